The number of alkyl halides is 3. The Labute approximate surface area is 312 Å². The molecule has 3 heterocycles. The number of fused-ring (bicyclic) bond motifs is 1. The molecule has 12 nitrogen and oxygen atoms in total. The summed E-state index contributed by atoms with van der Waals surface area (Å²) in [5.74, 6) is -3.79. The number of halogens is 3. The van der Waals surface area contributed by atoms with Gasteiger partial charge in [0.25, 0.3) is 0 Å². The number of nitrogens with zero attached hydrogens (tertiary/aromatic N) is 4. The molecule has 3 N–H and O–H groups in total. The zero-order valence-corrected chi connectivity index (χ0v) is 28.3. The molecule has 0 saturated carbocycles. The molecule has 198 valence electrons. The maximum absolute atomic E-state index is 13.0. The number of carboxylic acid groups (broad SMARTS) is 2. The predicted octanol–water partition coefficient (Wildman–Crippen LogP) is -7.56. The summed E-state index contributed by atoms with van der Waals surface area (Å²) in [7, 11) is 0. The summed E-state index contributed by atoms with van der Waals surface area (Å²) < 4.78 is 38.9. The molecule has 1 fully saturated rings. The van der Waals surface area contributed by atoms with Gasteiger partial charge >= 0.3 is 109 Å². The van der Waals surface area contributed by atoms with Crippen LogP contribution in [0.5, 0.6) is 0 Å². The van der Waals surface area contributed by atoms with Crippen molar-refractivity contribution < 1.29 is 146 Å². The van der Waals surface area contributed by atoms with Crippen LogP contribution in [0.3, 0.4) is 0 Å². The van der Waals surface area contributed by atoms with Gasteiger partial charge in [0.1, 0.15) is 11.4 Å². The van der Waals surface area contributed by atoms with E-state index in [0.29, 0.717) is 0 Å². The van der Waals surface area contributed by atoms with Gasteiger partial charge in [-0.2, -0.15) is 13.2 Å². The molecule has 4 atom stereocenters. The van der Waals surface area contributed by atoms with E-state index in [-0.39, 0.29) is 131 Å². The third kappa shape index (κ3) is 8.36. The van der Waals surface area contributed by atoms with Crippen molar-refractivity contribution in [3.05, 3.63) is 46.7 Å². The number of hydrogen-bond acceptors (Lipinski definition) is 12. The minimum atomic E-state index is -4.59. The molecule has 1 amide bonds. The van der Waals surface area contributed by atoms with Crippen molar-refractivity contribution in [3.8, 4) is 0 Å². The number of rotatable bonds is 10. The minimum Gasteiger partial charge on any atom is -0.550 e. The number of aliphatic carboxylic acids is 2. The first kappa shape index (κ1) is 35.3. The van der Waals surface area contributed by atoms with Crippen LogP contribution >= 0.6 is 23.5 Å². The number of carbonyl (C=O) groups excluding carboxylic acids is 3. The average molecular weight is 637 g/mol. The van der Waals surface area contributed by atoms with E-state index in [1.165, 1.54) is 6.07 Å². The van der Waals surface area contributed by atoms with Gasteiger partial charge in [0.2, 0.25) is 11.1 Å². The predicted molar refractivity (Wildman–Crippen MR) is 117 cm³/mol. The first-order valence-electron chi connectivity index (χ1n) is 10.5. The van der Waals surface area contributed by atoms with E-state index in [0.717, 1.165) is 46.6 Å². The molecular formula is C20H17F3K2N6O6S2. The Morgan fingerprint density at radius 3 is 2.62 bits per heavy atom. The molecule has 4 rings (SSSR count). The van der Waals surface area contributed by atoms with Crippen LogP contribution in [0.25, 0.3) is 0 Å². The number of β-lactam (4-membered cyclic amide) rings is 1. The van der Waals surface area contributed by atoms with Gasteiger partial charge in [0.15, 0.2) is 0 Å². The van der Waals surface area contributed by atoms with Crippen LogP contribution in [0.2, 0.25) is 0 Å². The monoisotopic (exact) mass is 636 g/mol. The Bertz CT molecular complexity index is 1240. The number of hydrogen-bond donors (Lipinski definition) is 3. The Kier molecular flexibility index (Phi) is 13.6. The van der Waals surface area contributed by atoms with Crippen LogP contribution < -0.4 is 118 Å². The molecule has 0 radical (unpaired) electrons. The van der Waals surface area contributed by atoms with Crippen LogP contribution in [0, 0.1) is 0 Å². The number of tetrazole rings is 1. The maximum atomic E-state index is 13.0. The summed E-state index contributed by atoms with van der Waals surface area (Å²) in [6.45, 7) is -0.276. The van der Waals surface area contributed by atoms with Gasteiger partial charge in [0, 0.05) is 29.9 Å². The fourth-order valence-electron chi connectivity index (χ4n) is 3.93. The van der Waals surface area contributed by atoms with E-state index in [1.54, 1.807) is 0 Å². The fourth-order valence-corrected chi connectivity index (χ4v) is 6.50. The SMILES string of the molecule is O=C([O-])CC(Sc1nnn[nH]1)C1=C(C(=O)[O-])N2C(=O)C(NCC(O)c3cccc(C(F)(F)F)c3)[C@@H]2SC1.[K+].[K+]. The zero-order chi connectivity index (χ0) is 26.9. The first-order valence-corrected chi connectivity index (χ1v) is 12.5. The molecular weight excluding hydrogens is 620 g/mol. The first-order chi connectivity index (χ1) is 17.5. The Morgan fingerprint density at radius 2 is 2.03 bits per heavy atom. The molecule has 2 aliphatic heterocycles. The normalized spacial score (nSPS) is 20.2. The molecule has 2 aromatic rings. The van der Waals surface area contributed by atoms with E-state index in [2.05, 4.69) is 25.9 Å². The van der Waals surface area contributed by atoms with E-state index < -0.39 is 64.5 Å². The van der Waals surface area contributed by atoms with Gasteiger partial charge in [-0.3, -0.25) is 9.69 Å². The number of carboxylic acids is 2. The number of amides is 1. The molecule has 1 aromatic heterocycles. The van der Waals surface area contributed by atoms with Crippen molar-refractivity contribution in [1.29, 1.82) is 0 Å². The second-order valence-electron chi connectivity index (χ2n) is 7.99. The van der Waals surface area contributed by atoms with Crippen molar-refractivity contribution in [1.82, 2.24) is 30.8 Å². The number of aromatic amines is 1. The van der Waals surface area contributed by atoms with E-state index in [1.807, 2.05) is 0 Å². The number of aliphatic hydroxyl groups excluding tert-OH is 1. The van der Waals surface area contributed by atoms with Crippen LogP contribution in [0.4, 0.5) is 13.2 Å². The third-order valence-corrected chi connectivity index (χ3v) is 8.08. The zero-order valence-electron chi connectivity index (χ0n) is 20.5. The summed E-state index contributed by atoms with van der Waals surface area (Å²) in [4.78, 5) is 37.2. The summed E-state index contributed by atoms with van der Waals surface area (Å²) in [6, 6.07) is 3.20. The maximum Gasteiger partial charge on any atom is 1.00 e. The number of benzene rings is 1. The van der Waals surface area contributed by atoms with E-state index >= 15 is 0 Å². The van der Waals surface area contributed by atoms with Crippen molar-refractivity contribution in [3.63, 3.8) is 0 Å². The van der Waals surface area contributed by atoms with Crippen LogP contribution in [0.1, 0.15) is 23.7 Å². The summed E-state index contributed by atoms with van der Waals surface area (Å²) in [6.07, 6.45) is -6.55. The number of H-pyrrole nitrogens is 1. The van der Waals surface area contributed by atoms with Gasteiger partial charge < -0.3 is 30.2 Å². The van der Waals surface area contributed by atoms with Gasteiger partial charge in [-0.05, 0) is 33.7 Å². The molecule has 1 saturated heterocycles. The van der Waals surface area contributed by atoms with E-state index in [9.17, 15) is 42.9 Å². The molecule has 19 heteroatoms. The number of aromatic nitrogens is 4. The van der Waals surface area contributed by atoms with Crippen molar-refractivity contribution >= 4 is 41.4 Å². The van der Waals surface area contributed by atoms with Crippen LogP contribution in [-0.4, -0.2) is 77.4 Å². The Balaban J connectivity index is 0.00000267. The number of thioether (sulfide) groups is 2. The van der Waals surface area contributed by atoms with Gasteiger partial charge in [0.05, 0.1) is 23.3 Å². The third-order valence-electron chi connectivity index (χ3n) is 5.64. The number of aliphatic hydroxyl groups is 1. The Hall–Kier alpha value is 0.123. The van der Waals surface area contributed by atoms with Gasteiger partial charge in [-0.25, -0.2) is 5.10 Å². The average Bonchev–Trinajstić information content (AvgIpc) is 3.35. The van der Waals surface area contributed by atoms with Crippen LogP contribution in [0.15, 0.2) is 40.7 Å². The topological polar surface area (TPSA) is 187 Å². The molecule has 3 unspecified atom stereocenters. The summed E-state index contributed by atoms with van der Waals surface area (Å²) in [5, 5.41) is 47.8. The van der Waals surface area contributed by atoms with Gasteiger partial charge in [-0.1, -0.05) is 23.9 Å². The minimum absolute atomic E-state index is 0. The molecule has 0 bridgehead atoms. The van der Waals surface area contributed by atoms with Crippen molar-refractivity contribution in [2.24, 2.45) is 0 Å². The molecule has 2 aliphatic rings. The van der Waals surface area contributed by atoms with Crippen LogP contribution in [-0.2, 0) is 20.6 Å². The largest absolute Gasteiger partial charge is 1.00 e. The summed E-state index contributed by atoms with van der Waals surface area (Å²) >= 11 is 2.00. The van der Waals surface area contributed by atoms with Gasteiger partial charge in [-0.15, -0.1) is 16.9 Å². The molecule has 0 aliphatic carbocycles. The summed E-state index contributed by atoms with van der Waals surface area (Å²) in [5.41, 5.74) is -1.30. The smallest absolute Gasteiger partial charge is 0.550 e. The standard InChI is InChI=1S/C20H19F3N6O6S2.2K/c21-20(22,23)9-3-1-2-8(4-9)11(30)6-24-14-16(33)29-15(18(34)35)10(7-36-17(14)29)12(5-13(31)32)37-19-25-27-28-26-19;;/h1-4,11-12,14,17,24,30H,5-7H2,(H,31,32)(H,34,35)(H,25,26,27,28);;/q;2*+1/p-2/t11?,12?,14?,17-;;/m0../s1. The quantitative estimate of drug-likeness (QED) is 0.127. The second kappa shape index (κ2) is 15.0. The van der Waals surface area contributed by atoms with Crippen molar-refractivity contribution in [2.75, 3.05) is 12.3 Å². The number of carbonyl (C=O) groups is 3. The Morgan fingerprint density at radius 1 is 1.31 bits per heavy atom. The fraction of sp³-hybridized carbons (Fsp3) is 0.400. The second-order valence-corrected chi connectivity index (χ2v) is 10.3. The number of nitrogens with one attached hydrogen (secondary N) is 2. The van der Waals surface area contributed by atoms with E-state index in [4.69, 9.17) is 0 Å². The molecule has 0 spiro atoms. The molecule has 39 heavy (non-hydrogen) atoms. The van der Waals surface area contributed by atoms with Crippen molar-refractivity contribution in [2.45, 2.75) is 40.5 Å². The molecule has 1 aromatic carbocycles.